The highest BCUT2D eigenvalue weighted by Gasteiger charge is 2.32. The maximum Gasteiger partial charge on any atom is 0.305 e. The van der Waals surface area contributed by atoms with Gasteiger partial charge in [-0.1, -0.05) is 30.0 Å². The van der Waals surface area contributed by atoms with E-state index in [1.54, 1.807) is 12.3 Å². The number of thioether (sulfide) groups is 1. The number of carboxylic acid groups (broad SMARTS) is 1. The van der Waals surface area contributed by atoms with Crippen LogP contribution in [-0.2, 0) is 14.3 Å². The Bertz CT molecular complexity index is 1180. The highest BCUT2D eigenvalue weighted by Crippen LogP contribution is 2.33. The lowest BCUT2D eigenvalue weighted by atomic mass is 10.2. The topological polar surface area (TPSA) is 113 Å². The standard InChI is InChI=1S/C22H26N4O5S2/c1-13(2)31-11-5-8-23-18-15(20(29)25-9-4-6-14(3)19(25)24-18)12-16-21(30)26(22(32)33-16)10-7-17(27)28/h4,6,9,12-13,23H,5,7-8,10-11H2,1-3H3,(H,27,28)/b16-12-. The van der Waals surface area contributed by atoms with Gasteiger partial charge >= 0.3 is 5.97 Å². The SMILES string of the molecule is Cc1cccn2c(=O)c(/C=C3\SC(=S)N(CCC(=O)O)C3=O)c(NCCCOC(C)C)nc12. The lowest BCUT2D eigenvalue weighted by Crippen LogP contribution is -2.30. The molecule has 0 aromatic carbocycles. The summed E-state index contributed by atoms with van der Waals surface area (Å²) < 4.78 is 7.27. The van der Waals surface area contributed by atoms with Crippen LogP contribution in [0.1, 0.15) is 37.8 Å². The molecule has 176 valence electrons. The summed E-state index contributed by atoms with van der Waals surface area (Å²) in [5, 5.41) is 12.1. The largest absolute Gasteiger partial charge is 0.481 e. The van der Waals surface area contributed by atoms with Gasteiger partial charge < -0.3 is 15.2 Å². The zero-order valence-corrected chi connectivity index (χ0v) is 20.3. The Morgan fingerprint density at radius 3 is 2.85 bits per heavy atom. The number of amides is 1. The molecule has 0 unspecified atom stereocenters. The Hall–Kier alpha value is -2.76. The van der Waals surface area contributed by atoms with Crippen LogP contribution in [0.4, 0.5) is 5.82 Å². The summed E-state index contributed by atoms with van der Waals surface area (Å²) in [6.45, 7) is 6.87. The summed E-state index contributed by atoms with van der Waals surface area (Å²) in [6.07, 6.45) is 3.74. The molecule has 1 saturated heterocycles. The Morgan fingerprint density at radius 2 is 2.15 bits per heavy atom. The number of fused-ring (bicyclic) bond motifs is 1. The number of carboxylic acids is 1. The van der Waals surface area contributed by atoms with Gasteiger partial charge in [-0.05, 0) is 44.9 Å². The van der Waals surface area contributed by atoms with Crippen LogP contribution >= 0.6 is 24.0 Å². The quantitative estimate of drug-likeness (QED) is 0.295. The van der Waals surface area contributed by atoms with Gasteiger partial charge in [0.2, 0.25) is 0 Å². The average Bonchev–Trinajstić information content (AvgIpc) is 3.01. The van der Waals surface area contributed by atoms with Crippen LogP contribution < -0.4 is 10.9 Å². The van der Waals surface area contributed by atoms with Crippen LogP contribution in [0.2, 0.25) is 0 Å². The molecule has 1 aliphatic rings. The van der Waals surface area contributed by atoms with Crippen molar-refractivity contribution in [3.63, 3.8) is 0 Å². The van der Waals surface area contributed by atoms with Crippen molar-refractivity contribution in [1.82, 2.24) is 14.3 Å². The van der Waals surface area contributed by atoms with E-state index in [-0.39, 0.29) is 39.4 Å². The third-order valence-corrected chi connectivity index (χ3v) is 6.23. The van der Waals surface area contributed by atoms with E-state index in [2.05, 4.69) is 10.3 Å². The molecule has 11 heteroatoms. The third-order valence-electron chi connectivity index (χ3n) is 4.85. The smallest absolute Gasteiger partial charge is 0.305 e. The first-order chi connectivity index (χ1) is 15.7. The molecule has 0 saturated carbocycles. The molecule has 0 radical (unpaired) electrons. The molecule has 3 heterocycles. The number of hydrogen-bond donors (Lipinski definition) is 2. The first-order valence-electron chi connectivity index (χ1n) is 10.5. The number of carbonyl (C=O) groups excluding carboxylic acids is 1. The van der Waals surface area contributed by atoms with E-state index in [0.29, 0.717) is 31.0 Å². The molecule has 0 bridgehead atoms. The molecule has 1 amide bonds. The van der Waals surface area contributed by atoms with Gasteiger partial charge in [-0.25, -0.2) is 4.98 Å². The lowest BCUT2D eigenvalue weighted by Gasteiger charge is -2.13. The van der Waals surface area contributed by atoms with Crippen LogP contribution in [0.25, 0.3) is 11.7 Å². The van der Waals surface area contributed by atoms with Crippen molar-refractivity contribution < 1.29 is 19.4 Å². The van der Waals surface area contributed by atoms with E-state index in [1.165, 1.54) is 15.4 Å². The first kappa shape index (κ1) is 24.9. The number of hydrogen-bond acceptors (Lipinski definition) is 8. The Labute approximate surface area is 200 Å². The minimum Gasteiger partial charge on any atom is -0.481 e. The molecule has 1 fully saturated rings. The summed E-state index contributed by atoms with van der Waals surface area (Å²) in [6, 6.07) is 3.63. The summed E-state index contributed by atoms with van der Waals surface area (Å²) in [5.41, 5.74) is 1.28. The summed E-state index contributed by atoms with van der Waals surface area (Å²) in [7, 11) is 0. The number of nitrogens with zero attached hydrogens (tertiary/aromatic N) is 3. The van der Waals surface area contributed by atoms with E-state index in [0.717, 1.165) is 17.3 Å². The highest BCUT2D eigenvalue weighted by atomic mass is 32.2. The molecule has 0 aliphatic carbocycles. The minimum absolute atomic E-state index is 0.0214. The molecule has 1 aliphatic heterocycles. The van der Waals surface area contributed by atoms with Gasteiger partial charge in [0.25, 0.3) is 11.5 Å². The molecule has 2 aromatic heterocycles. The maximum atomic E-state index is 13.3. The van der Waals surface area contributed by atoms with Crippen molar-refractivity contribution in [2.75, 3.05) is 25.0 Å². The number of rotatable bonds is 10. The number of aliphatic carboxylic acids is 1. The van der Waals surface area contributed by atoms with Crippen molar-refractivity contribution in [3.05, 3.63) is 44.7 Å². The molecule has 2 aromatic rings. The third kappa shape index (κ3) is 5.98. The Kier molecular flexibility index (Phi) is 8.22. The van der Waals surface area contributed by atoms with E-state index in [4.69, 9.17) is 22.1 Å². The van der Waals surface area contributed by atoms with Crippen LogP contribution in [0.5, 0.6) is 0 Å². The summed E-state index contributed by atoms with van der Waals surface area (Å²) in [5.74, 6) is -1.07. The predicted octanol–water partition coefficient (Wildman–Crippen LogP) is 2.91. The van der Waals surface area contributed by atoms with Crippen LogP contribution in [0.3, 0.4) is 0 Å². The number of aryl methyl sites for hydroxylation is 1. The number of carbonyl (C=O) groups is 2. The highest BCUT2D eigenvalue weighted by molar-refractivity contribution is 8.26. The van der Waals surface area contributed by atoms with E-state index >= 15 is 0 Å². The fourth-order valence-corrected chi connectivity index (χ4v) is 4.50. The summed E-state index contributed by atoms with van der Waals surface area (Å²) in [4.78, 5) is 43.2. The number of nitrogens with one attached hydrogen (secondary N) is 1. The number of pyridine rings is 1. The van der Waals surface area contributed by atoms with Crippen molar-refractivity contribution >= 4 is 57.7 Å². The predicted molar refractivity (Wildman–Crippen MR) is 133 cm³/mol. The van der Waals surface area contributed by atoms with Gasteiger partial charge in [-0.3, -0.25) is 23.7 Å². The van der Waals surface area contributed by atoms with E-state index < -0.39 is 11.9 Å². The molecule has 0 spiro atoms. The number of anilines is 1. The molecule has 2 N–H and O–H groups in total. The number of aromatic nitrogens is 2. The van der Waals surface area contributed by atoms with Gasteiger partial charge in [0, 0.05) is 25.9 Å². The van der Waals surface area contributed by atoms with Crippen LogP contribution in [-0.4, -0.2) is 61.4 Å². The lowest BCUT2D eigenvalue weighted by molar-refractivity contribution is -0.137. The van der Waals surface area contributed by atoms with Crippen molar-refractivity contribution in [3.8, 4) is 0 Å². The number of ether oxygens (including phenoxy) is 1. The van der Waals surface area contributed by atoms with Gasteiger partial charge in [-0.15, -0.1) is 0 Å². The molecule has 3 rings (SSSR count). The second-order valence-corrected chi connectivity index (χ2v) is 9.42. The fraction of sp³-hybridized carbons (Fsp3) is 0.409. The van der Waals surface area contributed by atoms with Gasteiger partial charge in [0.1, 0.15) is 15.8 Å². The number of thiocarbonyl (C=S) groups is 1. The van der Waals surface area contributed by atoms with Gasteiger partial charge in [0.05, 0.1) is 23.0 Å². The van der Waals surface area contributed by atoms with E-state index in [9.17, 15) is 14.4 Å². The monoisotopic (exact) mass is 490 g/mol. The van der Waals surface area contributed by atoms with Crippen molar-refractivity contribution in [1.29, 1.82) is 0 Å². The molecule has 33 heavy (non-hydrogen) atoms. The second-order valence-electron chi connectivity index (χ2n) is 7.74. The van der Waals surface area contributed by atoms with Crippen molar-refractivity contribution in [2.45, 2.75) is 39.7 Å². The summed E-state index contributed by atoms with van der Waals surface area (Å²) >= 11 is 6.29. The maximum absolute atomic E-state index is 13.3. The minimum atomic E-state index is -1.02. The van der Waals surface area contributed by atoms with Crippen LogP contribution in [0, 0.1) is 6.92 Å². The molecule has 0 atom stereocenters. The molecular formula is C22H26N4O5S2. The molecular weight excluding hydrogens is 464 g/mol. The van der Waals surface area contributed by atoms with E-state index in [1.807, 2.05) is 26.8 Å². The van der Waals surface area contributed by atoms with Crippen molar-refractivity contribution in [2.24, 2.45) is 0 Å². The second kappa shape index (κ2) is 10.9. The zero-order valence-electron chi connectivity index (χ0n) is 18.7. The average molecular weight is 491 g/mol. The van der Waals surface area contributed by atoms with Gasteiger partial charge in [-0.2, -0.15) is 0 Å². The normalized spacial score (nSPS) is 15.3. The Morgan fingerprint density at radius 1 is 1.39 bits per heavy atom. The van der Waals surface area contributed by atoms with Gasteiger partial charge in [0.15, 0.2) is 0 Å². The zero-order chi connectivity index (χ0) is 24.1. The first-order valence-corrected chi connectivity index (χ1v) is 11.8. The fourth-order valence-electron chi connectivity index (χ4n) is 3.21. The molecule has 9 nitrogen and oxygen atoms in total. The van der Waals surface area contributed by atoms with Crippen LogP contribution in [0.15, 0.2) is 28.0 Å². The Balaban J connectivity index is 1.95.